The fourth-order valence-corrected chi connectivity index (χ4v) is 6.02. The number of hydrogen-bond acceptors (Lipinski definition) is 7. The molecule has 10 heteroatoms. The Kier molecular flexibility index (Phi) is 8.37. The van der Waals surface area contributed by atoms with Gasteiger partial charge in [-0.15, -0.1) is 11.3 Å². The first kappa shape index (κ1) is 28.0. The first-order chi connectivity index (χ1) is 19.2. The van der Waals surface area contributed by atoms with E-state index in [9.17, 15) is 18.0 Å². The van der Waals surface area contributed by atoms with E-state index < -0.39 is 23.8 Å². The third-order valence-electron chi connectivity index (χ3n) is 7.04. The Balaban J connectivity index is 1.48. The van der Waals surface area contributed by atoms with Gasteiger partial charge in [0.2, 0.25) is 0 Å². The van der Waals surface area contributed by atoms with E-state index in [0.717, 1.165) is 73.2 Å². The second-order valence-corrected chi connectivity index (χ2v) is 10.8. The summed E-state index contributed by atoms with van der Waals surface area (Å²) in [6, 6.07) is 13.0. The normalized spacial score (nSPS) is 16.7. The Morgan fingerprint density at radius 3 is 2.65 bits per heavy atom. The van der Waals surface area contributed by atoms with Crippen LogP contribution in [-0.4, -0.2) is 32.3 Å². The first-order valence-corrected chi connectivity index (χ1v) is 14.1. The fraction of sp³-hybridized carbons (Fsp3) is 0.367. The van der Waals surface area contributed by atoms with Crippen LogP contribution in [0.5, 0.6) is 11.5 Å². The van der Waals surface area contributed by atoms with Gasteiger partial charge in [-0.25, -0.2) is 4.79 Å². The number of carbonyl (C=O) groups is 1. The highest BCUT2D eigenvalue weighted by Crippen LogP contribution is 2.44. The average Bonchev–Trinajstić information content (AvgIpc) is 3.24. The minimum Gasteiger partial charge on any atom is -0.490 e. The molecule has 0 radical (unpaired) electrons. The molecular formula is C30H31F3N2O4S. The summed E-state index contributed by atoms with van der Waals surface area (Å²) < 4.78 is 58.3. The van der Waals surface area contributed by atoms with Crippen LogP contribution in [0.15, 0.2) is 60.8 Å². The molecule has 40 heavy (non-hydrogen) atoms. The number of ether oxygens (including phenoxy) is 3. The number of benzene rings is 2. The molecule has 5 rings (SSSR count). The Labute approximate surface area is 235 Å². The summed E-state index contributed by atoms with van der Waals surface area (Å²) >= 11 is 1.16. The lowest BCUT2D eigenvalue weighted by Gasteiger charge is -2.26. The number of alkyl halides is 3. The molecule has 1 saturated heterocycles. The van der Waals surface area contributed by atoms with E-state index in [1.165, 1.54) is 32.2 Å². The number of fused-ring (bicyclic) bond motifs is 1. The number of anilines is 2. The van der Waals surface area contributed by atoms with E-state index in [0.29, 0.717) is 5.00 Å². The van der Waals surface area contributed by atoms with Crippen LogP contribution in [0.1, 0.15) is 58.7 Å². The highest BCUT2D eigenvalue weighted by molar-refractivity contribution is 7.18. The zero-order valence-electron chi connectivity index (χ0n) is 22.3. The number of methoxy groups -OCH3 is 1. The number of aryl methyl sites for hydroxylation is 1. The second kappa shape index (κ2) is 11.9. The van der Waals surface area contributed by atoms with E-state index in [1.807, 2.05) is 29.3 Å². The van der Waals surface area contributed by atoms with Crippen LogP contribution in [0.25, 0.3) is 0 Å². The number of halogens is 3. The number of nitrogens with zero attached hydrogens (tertiary/aromatic N) is 1. The highest BCUT2D eigenvalue weighted by Gasteiger charge is 2.35. The number of nitrogens with one attached hydrogen (secondary N) is 1. The molecule has 2 aliphatic rings. The largest absolute Gasteiger partial charge is 0.490 e. The van der Waals surface area contributed by atoms with Crippen molar-refractivity contribution >= 4 is 28.0 Å². The van der Waals surface area contributed by atoms with Gasteiger partial charge in [-0.3, -0.25) is 0 Å². The molecule has 0 spiro atoms. The molecule has 1 fully saturated rings. The van der Waals surface area contributed by atoms with E-state index in [4.69, 9.17) is 14.2 Å². The van der Waals surface area contributed by atoms with E-state index >= 15 is 0 Å². The zero-order chi connectivity index (χ0) is 28.3. The smallest absolute Gasteiger partial charge is 0.416 e. The molecule has 3 heterocycles. The maximum atomic E-state index is 13.7. The highest BCUT2D eigenvalue weighted by atomic mass is 32.1. The summed E-state index contributed by atoms with van der Waals surface area (Å²) in [6.45, 7) is 3.38. The average molecular weight is 573 g/mol. The van der Waals surface area contributed by atoms with Crippen molar-refractivity contribution in [2.75, 3.05) is 25.1 Å². The van der Waals surface area contributed by atoms with Crippen molar-refractivity contribution in [3.63, 3.8) is 0 Å². The van der Waals surface area contributed by atoms with Crippen molar-refractivity contribution in [2.45, 2.75) is 51.0 Å². The number of piperidine rings is 1. The second-order valence-electron chi connectivity index (χ2n) is 9.77. The van der Waals surface area contributed by atoms with E-state index in [-0.39, 0.29) is 22.3 Å². The van der Waals surface area contributed by atoms with Crippen molar-refractivity contribution in [3.05, 3.63) is 82.4 Å². The molecule has 1 atom stereocenters. The van der Waals surface area contributed by atoms with Gasteiger partial charge < -0.3 is 24.4 Å². The van der Waals surface area contributed by atoms with Gasteiger partial charge in [-0.1, -0.05) is 30.3 Å². The van der Waals surface area contributed by atoms with Gasteiger partial charge in [0.05, 0.1) is 18.4 Å². The van der Waals surface area contributed by atoms with Gasteiger partial charge >= 0.3 is 12.1 Å². The molecule has 0 aliphatic carbocycles. The molecule has 0 bridgehead atoms. The van der Waals surface area contributed by atoms with Gasteiger partial charge in [0.1, 0.15) is 28.7 Å². The molecule has 1 N–H and O–H groups in total. The topological polar surface area (TPSA) is 60.0 Å². The standard InChI is InChI=1S/C30H31F3N2O4S/c1-19(23-8-3-4-9-24(23)30(31,32)33)38-26-18-27(40-28(26)29(36)37-2)35-16-6-5-7-20-10-11-22(17-25(20)35)39-21-12-14-34-15-13-21/h3-4,6,8-11,16-19,21,34H,5,7,12-15H2,1-2H3/t19-/m1/s1. The van der Waals surface area contributed by atoms with Crippen LogP contribution in [-0.2, 0) is 17.3 Å². The van der Waals surface area contributed by atoms with E-state index in [2.05, 4.69) is 11.4 Å². The molecule has 2 aromatic carbocycles. The molecule has 1 aromatic heterocycles. The quantitative estimate of drug-likeness (QED) is 0.297. The molecule has 0 saturated carbocycles. The van der Waals surface area contributed by atoms with Gasteiger partial charge in [-0.05, 0) is 63.4 Å². The number of hydrogen-bond donors (Lipinski definition) is 1. The van der Waals surface area contributed by atoms with E-state index in [1.54, 1.807) is 6.07 Å². The summed E-state index contributed by atoms with van der Waals surface area (Å²) in [6.07, 6.45) is 2.17. The summed E-state index contributed by atoms with van der Waals surface area (Å²) in [5, 5.41) is 4.01. The predicted octanol–water partition coefficient (Wildman–Crippen LogP) is 7.42. The Hall–Kier alpha value is -3.50. The van der Waals surface area contributed by atoms with Crippen LogP contribution >= 0.6 is 11.3 Å². The fourth-order valence-electron chi connectivity index (χ4n) is 5.02. The van der Waals surface area contributed by atoms with Gasteiger partial charge in [-0.2, -0.15) is 13.2 Å². The van der Waals surface area contributed by atoms with Gasteiger partial charge in [0, 0.05) is 23.9 Å². The summed E-state index contributed by atoms with van der Waals surface area (Å²) in [7, 11) is 1.26. The summed E-state index contributed by atoms with van der Waals surface area (Å²) in [5.74, 6) is 0.312. The zero-order valence-corrected chi connectivity index (χ0v) is 23.1. The van der Waals surface area contributed by atoms with Crippen molar-refractivity contribution in [2.24, 2.45) is 0 Å². The minimum atomic E-state index is -4.53. The molecule has 2 aliphatic heterocycles. The van der Waals surface area contributed by atoms with Crippen molar-refractivity contribution < 1.29 is 32.2 Å². The maximum Gasteiger partial charge on any atom is 0.416 e. The lowest BCUT2D eigenvalue weighted by molar-refractivity contribution is -0.139. The van der Waals surface area contributed by atoms with Crippen LogP contribution in [0, 0.1) is 0 Å². The summed E-state index contributed by atoms with van der Waals surface area (Å²) in [5.41, 5.74) is 1.24. The van der Waals surface area contributed by atoms with Gasteiger partial charge in [0.15, 0.2) is 4.88 Å². The Bertz CT molecular complexity index is 1380. The minimum absolute atomic E-state index is 0.0155. The lowest BCUT2D eigenvalue weighted by atomic mass is 10.0. The predicted molar refractivity (Wildman–Crippen MR) is 149 cm³/mol. The molecule has 212 valence electrons. The molecule has 3 aromatic rings. The number of allylic oxidation sites excluding steroid dienone is 1. The van der Waals surface area contributed by atoms with Crippen LogP contribution < -0.4 is 19.7 Å². The van der Waals surface area contributed by atoms with Crippen molar-refractivity contribution in [3.8, 4) is 11.5 Å². The molecule has 6 nitrogen and oxygen atoms in total. The Morgan fingerprint density at radius 2 is 1.90 bits per heavy atom. The van der Waals surface area contributed by atoms with Crippen molar-refractivity contribution in [1.82, 2.24) is 5.32 Å². The number of thiophene rings is 1. The molecule has 0 unspecified atom stereocenters. The summed E-state index contributed by atoms with van der Waals surface area (Å²) in [4.78, 5) is 14.9. The SMILES string of the molecule is COC(=O)c1sc(N2C=CCCc3ccc(OC4CCNCC4)cc32)cc1O[C@H](C)c1ccccc1C(F)(F)F. The third kappa shape index (κ3) is 6.13. The van der Waals surface area contributed by atoms with Gasteiger partial charge in [0.25, 0.3) is 0 Å². The number of carbonyl (C=O) groups excluding carboxylic acids is 1. The van der Waals surface area contributed by atoms with Crippen molar-refractivity contribution in [1.29, 1.82) is 0 Å². The third-order valence-corrected chi connectivity index (χ3v) is 8.14. The lowest BCUT2D eigenvalue weighted by Crippen LogP contribution is -2.34. The van der Waals surface area contributed by atoms with Crippen LogP contribution in [0.3, 0.4) is 0 Å². The van der Waals surface area contributed by atoms with Crippen LogP contribution in [0.2, 0.25) is 0 Å². The molecular weight excluding hydrogens is 541 g/mol. The number of rotatable bonds is 7. The monoisotopic (exact) mass is 572 g/mol. The first-order valence-electron chi connectivity index (χ1n) is 13.3. The Morgan fingerprint density at radius 1 is 1.12 bits per heavy atom. The maximum absolute atomic E-state index is 13.7. The number of esters is 1. The molecule has 0 amide bonds. The van der Waals surface area contributed by atoms with Crippen LogP contribution in [0.4, 0.5) is 23.9 Å².